The number of amides is 1. The first-order valence-corrected chi connectivity index (χ1v) is 5.60. The second-order valence-electron chi connectivity index (χ2n) is 3.92. The average Bonchev–Trinajstić information content (AvgIpc) is 2.35. The third-order valence-corrected chi connectivity index (χ3v) is 2.42. The molecule has 0 radical (unpaired) electrons. The number of methoxy groups -OCH3 is 1. The molecule has 4 nitrogen and oxygen atoms in total. The number of likely N-dealkylation sites (N-methyl/N-ethyl adjacent to an activating group) is 1. The Balaban J connectivity index is 2.70. The molecule has 94 valence electrons. The maximum absolute atomic E-state index is 11.8. The van der Waals surface area contributed by atoms with Gasteiger partial charge < -0.3 is 14.4 Å². The molecule has 1 amide bonds. The molecule has 0 fully saturated rings. The maximum atomic E-state index is 11.8. The molecule has 0 heterocycles. The quantitative estimate of drug-likeness (QED) is 0.785. The van der Waals surface area contributed by atoms with Gasteiger partial charge in [-0.1, -0.05) is 6.92 Å². The van der Waals surface area contributed by atoms with E-state index in [-0.39, 0.29) is 5.91 Å². The van der Waals surface area contributed by atoms with Crippen LogP contribution in [0.25, 0.3) is 0 Å². The van der Waals surface area contributed by atoms with Crippen LogP contribution in [-0.2, 0) is 4.79 Å². The summed E-state index contributed by atoms with van der Waals surface area (Å²) in [6.07, 6.45) is 0.210. The van der Waals surface area contributed by atoms with E-state index >= 15 is 0 Å². The van der Waals surface area contributed by atoms with Crippen LogP contribution in [0.5, 0.6) is 11.5 Å². The molecule has 0 aliphatic rings. The number of ether oxygens (including phenoxy) is 2. The number of benzene rings is 1. The summed E-state index contributed by atoms with van der Waals surface area (Å²) in [5, 5.41) is 0. The van der Waals surface area contributed by atoms with Crippen molar-refractivity contribution in [1.82, 2.24) is 4.90 Å². The summed E-state index contributed by atoms with van der Waals surface area (Å²) in [5.41, 5.74) is 0. The molecule has 1 atom stereocenters. The zero-order valence-electron chi connectivity index (χ0n) is 10.8. The smallest absolute Gasteiger partial charge is 0.263 e. The van der Waals surface area contributed by atoms with E-state index in [1.807, 2.05) is 19.1 Å². The van der Waals surface area contributed by atoms with E-state index in [0.29, 0.717) is 12.2 Å². The van der Waals surface area contributed by atoms with Crippen LogP contribution in [0.1, 0.15) is 13.3 Å². The Labute approximate surface area is 102 Å². The molecule has 1 aromatic carbocycles. The van der Waals surface area contributed by atoms with Gasteiger partial charge in [-0.05, 0) is 30.7 Å². The standard InChI is InChI=1S/C13H19NO3/c1-5-12(13(15)14(2)3)17-11-8-6-10(16-4)7-9-11/h6-9,12H,5H2,1-4H3/t12-/m0/s1. The number of hydrogen-bond donors (Lipinski definition) is 0. The monoisotopic (exact) mass is 237 g/mol. The zero-order valence-corrected chi connectivity index (χ0v) is 10.8. The molecule has 0 bridgehead atoms. The first-order chi connectivity index (χ1) is 8.08. The normalized spacial score (nSPS) is 11.8. The lowest BCUT2D eigenvalue weighted by Crippen LogP contribution is -2.37. The minimum absolute atomic E-state index is 0.0247. The Kier molecular flexibility index (Phi) is 4.82. The van der Waals surface area contributed by atoms with E-state index < -0.39 is 6.10 Å². The lowest BCUT2D eigenvalue weighted by molar-refractivity contribution is -0.136. The van der Waals surface area contributed by atoms with Gasteiger partial charge in [0.25, 0.3) is 5.91 Å². The highest BCUT2D eigenvalue weighted by atomic mass is 16.5. The van der Waals surface area contributed by atoms with Gasteiger partial charge in [0.15, 0.2) is 6.10 Å². The number of carbonyl (C=O) groups is 1. The van der Waals surface area contributed by atoms with Crippen molar-refractivity contribution < 1.29 is 14.3 Å². The fourth-order valence-corrected chi connectivity index (χ4v) is 1.41. The highest BCUT2D eigenvalue weighted by Crippen LogP contribution is 2.19. The average molecular weight is 237 g/mol. The summed E-state index contributed by atoms with van der Waals surface area (Å²) in [7, 11) is 5.06. The molecular formula is C13H19NO3. The Hall–Kier alpha value is -1.71. The molecule has 17 heavy (non-hydrogen) atoms. The van der Waals surface area contributed by atoms with Gasteiger partial charge in [-0.2, -0.15) is 0 Å². The molecular weight excluding hydrogens is 218 g/mol. The third-order valence-electron chi connectivity index (χ3n) is 2.42. The van der Waals surface area contributed by atoms with Gasteiger partial charge in [0, 0.05) is 14.1 Å². The topological polar surface area (TPSA) is 38.8 Å². The molecule has 4 heteroatoms. The van der Waals surface area contributed by atoms with Crippen molar-refractivity contribution in [2.24, 2.45) is 0 Å². The first kappa shape index (κ1) is 13.4. The summed E-state index contributed by atoms with van der Waals surface area (Å²) >= 11 is 0. The number of rotatable bonds is 5. The van der Waals surface area contributed by atoms with Crippen LogP contribution < -0.4 is 9.47 Å². The van der Waals surface area contributed by atoms with E-state index in [0.717, 1.165) is 5.75 Å². The fourth-order valence-electron chi connectivity index (χ4n) is 1.41. The third kappa shape index (κ3) is 3.66. The van der Waals surface area contributed by atoms with Crippen molar-refractivity contribution in [2.45, 2.75) is 19.4 Å². The van der Waals surface area contributed by atoms with Crippen LogP contribution in [0.3, 0.4) is 0 Å². The Bertz CT molecular complexity index is 359. The van der Waals surface area contributed by atoms with E-state index in [1.165, 1.54) is 4.90 Å². The number of carbonyl (C=O) groups excluding carboxylic acids is 1. The first-order valence-electron chi connectivity index (χ1n) is 5.60. The van der Waals surface area contributed by atoms with Crippen LogP contribution in [-0.4, -0.2) is 38.1 Å². The molecule has 0 saturated heterocycles. The largest absolute Gasteiger partial charge is 0.497 e. The van der Waals surface area contributed by atoms with E-state index in [1.54, 1.807) is 33.3 Å². The van der Waals surface area contributed by atoms with Crippen molar-refractivity contribution in [3.05, 3.63) is 24.3 Å². The summed E-state index contributed by atoms with van der Waals surface area (Å²) in [5.74, 6) is 1.42. The molecule has 1 aromatic rings. The van der Waals surface area contributed by atoms with Crippen molar-refractivity contribution in [3.63, 3.8) is 0 Å². The van der Waals surface area contributed by atoms with Crippen LogP contribution in [0.2, 0.25) is 0 Å². The Morgan fingerprint density at radius 3 is 2.18 bits per heavy atom. The van der Waals surface area contributed by atoms with Crippen molar-refractivity contribution in [3.8, 4) is 11.5 Å². The lowest BCUT2D eigenvalue weighted by atomic mass is 10.2. The van der Waals surface area contributed by atoms with Gasteiger partial charge >= 0.3 is 0 Å². The van der Waals surface area contributed by atoms with Gasteiger partial charge in [0.1, 0.15) is 11.5 Å². The van der Waals surface area contributed by atoms with Crippen molar-refractivity contribution in [2.75, 3.05) is 21.2 Å². The maximum Gasteiger partial charge on any atom is 0.263 e. The number of nitrogens with zero attached hydrogens (tertiary/aromatic N) is 1. The van der Waals surface area contributed by atoms with Gasteiger partial charge in [0.05, 0.1) is 7.11 Å². The minimum Gasteiger partial charge on any atom is -0.497 e. The predicted molar refractivity (Wildman–Crippen MR) is 66.4 cm³/mol. The SMILES string of the molecule is CC[C@H](Oc1ccc(OC)cc1)C(=O)N(C)C. The number of hydrogen-bond acceptors (Lipinski definition) is 3. The highest BCUT2D eigenvalue weighted by molar-refractivity contribution is 5.80. The summed E-state index contributed by atoms with van der Waals surface area (Å²) in [4.78, 5) is 13.3. The predicted octanol–water partition coefficient (Wildman–Crippen LogP) is 1.94. The van der Waals surface area contributed by atoms with Gasteiger partial charge in [0.2, 0.25) is 0 Å². The van der Waals surface area contributed by atoms with Crippen LogP contribution in [0, 0.1) is 0 Å². The summed E-state index contributed by atoms with van der Waals surface area (Å²) in [6.45, 7) is 1.93. The second-order valence-corrected chi connectivity index (χ2v) is 3.92. The molecule has 0 N–H and O–H groups in total. The molecule has 0 aliphatic heterocycles. The van der Waals surface area contributed by atoms with Crippen molar-refractivity contribution in [1.29, 1.82) is 0 Å². The summed E-state index contributed by atoms with van der Waals surface area (Å²) < 4.78 is 10.7. The second kappa shape index (κ2) is 6.13. The molecule has 0 aromatic heterocycles. The van der Waals surface area contributed by atoms with Gasteiger partial charge in [-0.3, -0.25) is 4.79 Å². The molecule has 0 aliphatic carbocycles. The molecule has 0 unspecified atom stereocenters. The minimum atomic E-state index is -0.432. The van der Waals surface area contributed by atoms with Crippen LogP contribution in [0.15, 0.2) is 24.3 Å². The fraction of sp³-hybridized carbons (Fsp3) is 0.462. The zero-order chi connectivity index (χ0) is 12.8. The molecule has 1 rings (SSSR count). The molecule has 0 saturated carbocycles. The Morgan fingerprint density at radius 1 is 1.24 bits per heavy atom. The van der Waals surface area contributed by atoms with E-state index in [9.17, 15) is 4.79 Å². The Morgan fingerprint density at radius 2 is 1.76 bits per heavy atom. The van der Waals surface area contributed by atoms with E-state index in [2.05, 4.69) is 0 Å². The van der Waals surface area contributed by atoms with Gasteiger partial charge in [-0.25, -0.2) is 0 Å². The van der Waals surface area contributed by atoms with Crippen LogP contribution >= 0.6 is 0 Å². The van der Waals surface area contributed by atoms with Crippen LogP contribution in [0.4, 0.5) is 0 Å². The molecule has 0 spiro atoms. The lowest BCUT2D eigenvalue weighted by Gasteiger charge is -2.20. The van der Waals surface area contributed by atoms with Crippen molar-refractivity contribution >= 4 is 5.91 Å². The summed E-state index contributed by atoms with van der Waals surface area (Å²) in [6, 6.07) is 7.21. The van der Waals surface area contributed by atoms with Gasteiger partial charge in [-0.15, -0.1) is 0 Å². The highest BCUT2D eigenvalue weighted by Gasteiger charge is 2.19. The van der Waals surface area contributed by atoms with E-state index in [4.69, 9.17) is 9.47 Å².